The molecule has 0 fully saturated rings. The fourth-order valence-corrected chi connectivity index (χ4v) is 1.57. The molecule has 0 spiro atoms. The number of fused-ring (bicyclic) bond motifs is 1. The zero-order valence-electron chi connectivity index (χ0n) is 9.03. The average Bonchev–Trinajstić information content (AvgIpc) is 2.75. The lowest BCUT2D eigenvalue weighted by atomic mass is 10.0. The number of Topliss-reactive ketones (excluding diaryl/α,β-unsaturated/α-hetero) is 1. The molecule has 1 atom stereocenters. The highest BCUT2D eigenvalue weighted by Crippen LogP contribution is 2.32. The quantitative estimate of drug-likeness (QED) is 0.595. The van der Waals surface area contributed by atoms with Gasteiger partial charge in [0.05, 0.1) is 13.9 Å². The van der Waals surface area contributed by atoms with Gasteiger partial charge in [0.25, 0.3) is 0 Å². The highest BCUT2D eigenvalue weighted by molar-refractivity contribution is 6.09. The SMILES string of the molecule is [B]CN[C@H](C)C(=O)c1ccc2c(c1)OCO2. The smallest absolute Gasteiger partial charge is 0.231 e. The number of ether oxygens (including phenoxy) is 2. The predicted octanol–water partition coefficient (Wildman–Crippen LogP) is 0.702. The van der Waals surface area contributed by atoms with Gasteiger partial charge in [-0.3, -0.25) is 4.79 Å². The second-order valence-electron chi connectivity index (χ2n) is 3.56. The molecule has 0 saturated carbocycles. The Kier molecular flexibility index (Phi) is 3.15. The molecule has 5 heteroatoms. The van der Waals surface area contributed by atoms with Crippen LogP contribution in [0.5, 0.6) is 11.5 Å². The molecule has 1 aliphatic rings. The second kappa shape index (κ2) is 4.57. The number of benzene rings is 1. The van der Waals surface area contributed by atoms with E-state index in [-0.39, 0.29) is 25.1 Å². The van der Waals surface area contributed by atoms with Gasteiger partial charge < -0.3 is 14.8 Å². The van der Waals surface area contributed by atoms with Crippen molar-refractivity contribution in [3.05, 3.63) is 23.8 Å². The number of carbonyl (C=O) groups is 1. The molecule has 0 bridgehead atoms. The van der Waals surface area contributed by atoms with Gasteiger partial charge in [0, 0.05) is 5.56 Å². The lowest BCUT2D eigenvalue weighted by Crippen LogP contribution is -2.34. The van der Waals surface area contributed by atoms with E-state index in [0.717, 1.165) is 0 Å². The predicted molar refractivity (Wildman–Crippen MR) is 60.1 cm³/mol. The topological polar surface area (TPSA) is 47.6 Å². The molecule has 0 saturated heterocycles. The van der Waals surface area contributed by atoms with E-state index in [2.05, 4.69) is 5.32 Å². The van der Waals surface area contributed by atoms with Crippen molar-refractivity contribution in [2.24, 2.45) is 0 Å². The number of carbonyl (C=O) groups excluding carboxylic acids is 1. The average molecular weight is 217 g/mol. The Bertz CT molecular complexity index is 408. The summed E-state index contributed by atoms with van der Waals surface area (Å²) in [7, 11) is 5.33. The van der Waals surface area contributed by atoms with Crippen molar-refractivity contribution in [3.8, 4) is 11.5 Å². The van der Waals surface area contributed by atoms with Crippen LogP contribution < -0.4 is 14.8 Å². The lowest BCUT2D eigenvalue weighted by Gasteiger charge is -2.11. The minimum Gasteiger partial charge on any atom is -0.454 e. The van der Waals surface area contributed by atoms with Gasteiger partial charge >= 0.3 is 0 Å². The molecule has 0 unspecified atom stereocenters. The van der Waals surface area contributed by atoms with Gasteiger partial charge in [-0.05, 0) is 31.6 Å². The normalized spacial score (nSPS) is 14.8. The molecule has 2 rings (SSSR count). The fraction of sp³-hybridized carbons (Fsp3) is 0.364. The first-order valence-corrected chi connectivity index (χ1v) is 5.09. The first-order valence-electron chi connectivity index (χ1n) is 5.09. The highest BCUT2D eigenvalue weighted by atomic mass is 16.7. The third-order valence-corrected chi connectivity index (χ3v) is 2.47. The molecule has 0 aliphatic carbocycles. The summed E-state index contributed by atoms with van der Waals surface area (Å²) in [5.41, 5.74) is 0.595. The molecule has 2 radical (unpaired) electrons. The maximum atomic E-state index is 11.9. The van der Waals surface area contributed by atoms with E-state index in [4.69, 9.17) is 17.3 Å². The van der Waals surface area contributed by atoms with Crippen LogP contribution in [-0.4, -0.2) is 32.9 Å². The van der Waals surface area contributed by atoms with E-state index in [9.17, 15) is 4.79 Å². The fourth-order valence-electron chi connectivity index (χ4n) is 1.57. The van der Waals surface area contributed by atoms with E-state index in [0.29, 0.717) is 17.1 Å². The summed E-state index contributed by atoms with van der Waals surface area (Å²) in [4.78, 5) is 11.9. The number of ketones is 1. The summed E-state index contributed by atoms with van der Waals surface area (Å²) in [6, 6.07) is 4.86. The maximum absolute atomic E-state index is 11.9. The summed E-state index contributed by atoms with van der Waals surface area (Å²) in [6.07, 6.45) is 0.275. The van der Waals surface area contributed by atoms with Crippen LogP contribution in [0.4, 0.5) is 0 Å². The van der Waals surface area contributed by atoms with Crippen LogP contribution in [0.3, 0.4) is 0 Å². The van der Waals surface area contributed by atoms with Crippen LogP contribution in [0.2, 0.25) is 0 Å². The standard InChI is InChI=1S/C11H12BNO3/c1-7(13-5-12)11(14)8-2-3-9-10(4-8)16-6-15-9/h2-4,7,13H,5-6H2,1H3/t7-/m1/s1. The molecule has 1 aromatic carbocycles. The zero-order chi connectivity index (χ0) is 11.5. The van der Waals surface area contributed by atoms with Gasteiger partial charge in [-0.2, -0.15) is 0 Å². The summed E-state index contributed by atoms with van der Waals surface area (Å²) in [5.74, 6) is 1.28. The van der Waals surface area contributed by atoms with Crippen molar-refractivity contribution >= 4 is 13.6 Å². The van der Waals surface area contributed by atoms with Gasteiger partial charge in [-0.25, -0.2) is 0 Å². The van der Waals surface area contributed by atoms with Gasteiger partial charge in [-0.1, -0.05) is 0 Å². The van der Waals surface area contributed by atoms with Crippen molar-refractivity contribution in [1.82, 2.24) is 5.32 Å². The van der Waals surface area contributed by atoms with Crippen LogP contribution >= 0.6 is 0 Å². The van der Waals surface area contributed by atoms with Crippen LogP contribution in [0.25, 0.3) is 0 Å². The summed E-state index contributed by atoms with van der Waals surface area (Å²) >= 11 is 0. The van der Waals surface area contributed by atoms with Gasteiger partial charge in [0.1, 0.15) is 0 Å². The third-order valence-electron chi connectivity index (χ3n) is 2.47. The minimum atomic E-state index is -0.301. The van der Waals surface area contributed by atoms with E-state index in [1.54, 1.807) is 25.1 Å². The Morgan fingerprint density at radius 2 is 2.25 bits per heavy atom. The monoisotopic (exact) mass is 217 g/mol. The molecular weight excluding hydrogens is 205 g/mol. The Balaban J connectivity index is 2.18. The number of nitrogens with one attached hydrogen (secondary N) is 1. The molecule has 16 heavy (non-hydrogen) atoms. The van der Waals surface area contributed by atoms with E-state index in [1.807, 2.05) is 0 Å². The Labute approximate surface area is 95.3 Å². The largest absolute Gasteiger partial charge is 0.454 e. The van der Waals surface area contributed by atoms with Crippen molar-refractivity contribution < 1.29 is 14.3 Å². The highest BCUT2D eigenvalue weighted by Gasteiger charge is 2.19. The Hall–Kier alpha value is -1.49. The minimum absolute atomic E-state index is 0.0104. The third kappa shape index (κ3) is 2.04. The molecule has 1 aliphatic heterocycles. The molecule has 4 nitrogen and oxygen atoms in total. The maximum Gasteiger partial charge on any atom is 0.231 e. The molecule has 0 amide bonds. The Morgan fingerprint density at radius 3 is 3.00 bits per heavy atom. The van der Waals surface area contributed by atoms with Crippen LogP contribution in [0, 0.1) is 0 Å². The van der Waals surface area contributed by atoms with Gasteiger partial charge in [-0.15, -0.1) is 0 Å². The first-order chi connectivity index (χ1) is 7.72. The molecule has 1 N–H and O–H groups in total. The molecular formula is C11H12BNO3. The van der Waals surface area contributed by atoms with Gasteiger partial charge in [0.15, 0.2) is 17.3 Å². The number of rotatable bonds is 4. The lowest BCUT2D eigenvalue weighted by molar-refractivity contribution is 0.0953. The van der Waals surface area contributed by atoms with Crippen molar-refractivity contribution in [3.63, 3.8) is 0 Å². The summed E-state index contributed by atoms with van der Waals surface area (Å²) in [6.45, 7) is 1.99. The summed E-state index contributed by atoms with van der Waals surface area (Å²) < 4.78 is 10.4. The first kappa shape index (κ1) is 11.0. The summed E-state index contributed by atoms with van der Waals surface area (Å²) in [5, 5.41) is 2.87. The van der Waals surface area contributed by atoms with Gasteiger partial charge in [0.2, 0.25) is 6.79 Å². The van der Waals surface area contributed by atoms with Crippen molar-refractivity contribution in [2.75, 3.05) is 13.2 Å². The van der Waals surface area contributed by atoms with Crippen molar-refractivity contribution in [1.29, 1.82) is 0 Å². The van der Waals surface area contributed by atoms with E-state index in [1.165, 1.54) is 0 Å². The molecule has 1 heterocycles. The van der Waals surface area contributed by atoms with Crippen LogP contribution in [-0.2, 0) is 0 Å². The zero-order valence-corrected chi connectivity index (χ0v) is 9.03. The van der Waals surface area contributed by atoms with Crippen LogP contribution in [0.15, 0.2) is 18.2 Å². The Morgan fingerprint density at radius 1 is 1.50 bits per heavy atom. The second-order valence-corrected chi connectivity index (χ2v) is 3.56. The van der Waals surface area contributed by atoms with E-state index < -0.39 is 0 Å². The van der Waals surface area contributed by atoms with E-state index >= 15 is 0 Å². The van der Waals surface area contributed by atoms with Crippen molar-refractivity contribution in [2.45, 2.75) is 13.0 Å². The number of hydrogen-bond donors (Lipinski definition) is 1. The molecule has 82 valence electrons. The van der Waals surface area contributed by atoms with Crippen LogP contribution in [0.1, 0.15) is 17.3 Å². The molecule has 1 aromatic rings. The number of hydrogen-bond acceptors (Lipinski definition) is 4. The molecule has 0 aromatic heterocycles.